The van der Waals surface area contributed by atoms with Crippen LogP contribution in [0.5, 0.6) is 0 Å². The monoisotopic (exact) mass is 399 g/mol. The number of rotatable bonds is 5. The number of hydrogen-bond acceptors (Lipinski definition) is 4. The first-order chi connectivity index (χ1) is 12.5. The fourth-order valence-electron chi connectivity index (χ4n) is 3.64. The molecule has 142 valence electrons. The minimum atomic E-state index is -0.432. The Kier molecular flexibility index (Phi) is 6.43. The van der Waals surface area contributed by atoms with E-state index in [1.807, 2.05) is 6.92 Å². The van der Waals surface area contributed by atoms with Crippen LogP contribution < -0.4 is 0 Å². The molecule has 0 radical (unpaired) electrons. The van der Waals surface area contributed by atoms with Gasteiger partial charge in [-0.15, -0.1) is 0 Å². The van der Waals surface area contributed by atoms with E-state index in [1.54, 1.807) is 23.1 Å². The first-order valence-electron chi connectivity index (χ1n) is 9.00. The zero-order valence-electron chi connectivity index (χ0n) is 14.7. The summed E-state index contributed by atoms with van der Waals surface area (Å²) in [6.45, 7) is 4.13. The zero-order valence-corrected chi connectivity index (χ0v) is 16.3. The van der Waals surface area contributed by atoms with Crippen molar-refractivity contribution in [3.8, 4) is 0 Å². The second-order valence-electron chi connectivity index (χ2n) is 6.84. The van der Waals surface area contributed by atoms with Crippen LogP contribution in [0.4, 0.5) is 0 Å². The molecule has 26 heavy (non-hydrogen) atoms. The van der Waals surface area contributed by atoms with Gasteiger partial charge in [0.2, 0.25) is 5.91 Å². The second-order valence-corrected chi connectivity index (χ2v) is 7.68. The summed E-state index contributed by atoms with van der Waals surface area (Å²) in [5.41, 5.74) is 0.755. The third-order valence-electron chi connectivity index (χ3n) is 5.03. The summed E-state index contributed by atoms with van der Waals surface area (Å²) < 4.78 is 11.4. The van der Waals surface area contributed by atoms with Gasteiger partial charge in [-0.3, -0.25) is 9.59 Å². The van der Waals surface area contributed by atoms with Gasteiger partial charge in [-0.2, -0.15) is 0 Å². The SMILES string of the molecule is CCN1C[C@H](COC(=O)[C@H]2CCCO[C@H]2c2ccc(Cl)cc2Cl)CC1=O. The largest absolute Gasteiger partial charge is 0.465 e. The molecule has 1 aromatic rings. The molecule has 2 heterocycles. The predicted molar refractivity (Wildman–Crippen MR) is 99.2 cm³/mol. The second kappa shape index (κ2) is 8.59. The number of likely N-dealkylation sites (tertiary alicyclic amines) is 1. The molecule has 7 heteroatoms. The Bertz CT molecular complexity index is 682. The topological polar surface area (TPSA) is 55.8 Å². The Hall–Kier alpha value is -1.30. The number of carbonyl (C=O) groups excluding carboxylic acids is 2. The Morgan fingerprint density at radius 2 is 2.19 bits per heavy atom. The Labute approximate surface area is 163 Å². The summed E-state index contributed by atoms with van der Waals surface area (Å²) in [6.07, 6.45) is 1.49. The number of esters is 1. The highest BCUT2D eigenvalue weighted by atomic mass is 35.5. The summed E-state index contributed by atoms with van der Waals surface area (Å²) in [6, 6.07) is 5.20. The van der Waals surface area contributed by atoms with Crippen LogP contribution in [-0.2, 0) is 19.1 Å². The molecular weight excluding hydrogens is 377 g/mol. The van der Waals surface area contributed by atoms with Gasteiger partial charge in [-0.1, -0.05) is 29.3 Å². The first kappa shape index (κ1) is 19.5. The number of hydrogen-bond donors (Lipinski definition) is 0. The molecule has 0 aliphatic carbocycles. The summed E-state index contributed by atoms with van der Waals surface area (Å²) in [4.78, 5) is 26.3. The fourth-order valence-corrected chi connectivity index (χ4v) is 4.16. The lowest BCUT2D eigenvalue weighted by Gasteiger charge is -2.31. The van der Waals surface area contributed by atoms with Crippen LogP contribution in [0, 0.1) is 11.8 Å². The van der Waals surface area contributed by atoms with Crippen LogP contribution in [0.1, 0.15) is 37.9 Å². The minimum absolute atomic E-state index is 0.0634. The van der Waals surface area contributed by atoms with Crippen molar-refractivity contribution in [2.24, 2.45) is 11.8 Å². The van der Waals surface area contributed by atoms with E-state index >= 15 is 0 Å². The van der Waals surface area contributed by atoms with Gasteiger partial charge in [-0.05, 0) is 31.9 Å². The molecule has 0 N–H and O–H groups in total. The molecule has 3 rings (SSSR count). The molecule has 0 unspecified atom stereocenters. The van der Waals surface area contributed by atoms with Crippen LogP contribution in [-0.4, -0.2) is 43.1 Å². The summed E-state index contributed by atoms with van der Waals surface area (Å²) in [5, 5.41) is 1.03. The van der Waals surface area contributed by atoms with Crippen molar-refractivity contribution in [2.75, 3.05) is 26.3 Å². The van der Waals surface area contributed by atoms with Gasteiger partial charge in [0.25, 0.3) is 0 Å². The van der Waals surface area contributed by atoms with Crippen LogP contribution in [0.2, 0.25) is 10.0 Å². The quantitative estimate of drug-likeness (QED) is 0.705. The van der Waals surface area contributed by atoms with Crippen LogP contribution in [0.3, 0.4) is 0 Å². The van der Waals surface area contributed by atoms with Crippen molar-refractivity contribution in [1.82, 2.24) is 4.90 Å². The first-order valence-corrected chi connectivity index (χ1v) is 9.76. The minimum Gasteiger partial charge on any atom is -0.465 e. The van der Waals surface area contributed by atoms with Gasteiger partial charge in [0, 0.05) is 47.6 Å². The van der Waals surface area contributed by atoms with E-state index in [1.165, 1.54) is 0 Å². The predicted octanol–water partition coefficient (Wildman–Crippen LogP) is 3.87. The average Bonchev–Trinajstić information content (AvgIpc) is 2.99. The van der Waals surface area contributed by atoms with E-state index in [0.29, 0.717) is 42.6 Å². The molecule has 0 saturated carbocycles. The normalized spacial score (nSPS) is 26.2. The molecule has 3 atom stereocenters. The molecule has 1 amide bonds. The summed E-state index contributed by atoms with van der Waals surface area (Å²) in [5.74, 6) is -0.501. The van der Waals surface area contributed by atoms with Gasteiger partial charge in [0.1, 0.15) is 0 Å². The van der Waals surface area contributed by atoms with Gasteiger partial charge in [-0.25, -0.2) is 0 Å². The lowest BCUT2D eigenvalue weighted by atomic mass is 9.89. The van der Waals surface area contributed by atoms with Crippen LogP contribution in [0.25, 0.3) is 0 Å². The smallest absolute Gasteiger partial charge is 0.311 e. The van der Waals surface area contributed by atoms with E-state index in [4.69, 9.17) is 32.7 Å². The summed E-state index contributed by atoms with van der Waals surface area (Å²) >= 11 is 12.3. The van der Waals surface area contributed by atoms with Crippen molar-refractivity contribution in [1.29, 1.82) is 0 Å². The lowest BCUT2D eigenvalue weighted by Crippen LogP contribution is -2.32. The van der Waals surface area contributed by atoms with E-state index in [9.17, 15) is 9.59 Å². The highest BCUT2D eigenvalue weighted by Gasteiger charge is 2.36. The van der Waals surface area contributed by atoms with Gasteiger partial charge in [0.15, 0.2) is 0 Å². The molecule has 0 spiro atoms. The van der Waals surface area contributed by atoms with Crippen LogP contribution >= 0.6 is 23.2 Å². The van der Waals surface area contributed by atoms with E-state index in [0.717, 1.165) is 12.0 Å². The summed E-state index contributed by atoms with van der Waals surface area (Å²) in [7, 11) is 0. The maximum absolute atomic E-state index is 12.7. The third-order valence-corrected chi connectivity index (χ3v) is 5.59. The molecule has 5 nitrogen and oxygen atoms in total. The molecule has 2 aliphatic rings. The highest BCUT2D eigenvalue weighted by Crippen LogP contribution is 2.38. The Morgan fingerprint density at radius 3 is 2.88 bits per heavy atom. The highest BCUT2D eigenvalue weighted by molar-refractivity contribution is 6.35. The number of halogens is 2. The van der Waals surface area contributed by atoms with Crippen molar-refractivity contribution < 1.29 is 19.1 Å². The third kappa shape index (κ3) is 4.33. The maximum atomic E-state index is 12.7. The number of benzene rings is 1. The molecule has 0 aromatic heterocycles. The number of nitrogens with zero attached hydrogens (tertiary/aromatic N) is 1. The van der Waals surface area contributed by atoms with Gasteiger partial charge < -0.3 is 14.4 Å². The Morgan fingerprint density at radius 1 is 1.38 bits per heavy atom. The molecular formula is C19H23Cl2NO4. The van der Waals surface area contributed by atoms with Crippen molar-refractivity contribution in [3.05, 3.63) is 33.8 Å². The number of ether oxygens (including phenoxy) is 2. The van der Waals surface area contributed by atoms with Gasteiger partial charge >= 0.3 is 5.97 Å². The fraction of sp³-hybridized carbons (Fsp3) is 0.579. The number of carbonyl (C=O) groups is 2. The maximum Gasteiger partial charge on any atom is 0.311 e. The van der Waals surface area contributed by atoms with E-state index in [-0.39, 0.29) is 24.4 Å². The van der Waals surface area contributed by atoms with Crippen molar-refractivity contribution in [3.63, 3.8) is 0 Å². The van der Waals surface area contributed by atoms with Crippen molar-refractivity contribution in [2.45, 2.75) is 32.3 Å². The standard InChI is InChI=1S/C19H23Cl2NO4/c1-2-22-10-12(8-17(22)23)11-26-19(24)15-4-3-7-25-18(15)14-6-5-13(20)9-16(14)21/h5-6,9,12,15,18H,2-4,7-8,10-11H2,1H3/t12-,15+,18+/m1/s1. The molecule has 1 aromatic carbocycles. The van der Waals surface area contributed by atoms with Gasteiger partial charge in [0.05, 0.1) is 18.6 Å². The van der Waals surface area contributed by atoms with E-state index in [2.05, 4.69) is 0 Å². The number of amides is 1. The van der Waals surface area contributed by atoms with E-state index < -0.39 is 12.0 Å². The van der Waals surface area contributed by atoms with Crippen LogP contribution in [0.15, 0.2) is 18.2 Å². The van der Waals surface area contributed by atoms with Crippen molar-refractivity contribution >= 4 is 35.1 Å². The Balaban J connectivity index is 1.64. The lowest BCUT2D eigenvalue weighted by molar-refractivity contribution is -0.160. The molecule has 2 fully saturated rings. The molecule has 2 saturated heterocycles. The molecule has 0 bridgehead atoms. The zero-order chi connectivity index (χ0) is 18.7. The average molecular weight is 400 g/mol. The molecule has 2 aliphatic heterocycles.